The third-order valence-electron chi connectivity index (χ3n) is 3.54. The van der Waals surface area contributed by atoms with Crippen molar-refractivity contribution in [2.24, 2.45) is 0 Å². The number of carbonyl (C=O) groups is 1. The van der Waals surface area contributed by atoms with Crippen LogP contribution in [0.3, 0.4) is 0 Å². The molecule has 1 N–H and O–H groups in total. The Kier molecular flexibility index (Phi) is 4.84. The van der Waals surface area contributed by atoms with Crippen LogP contribution in [0, 0.1) is 0 Å². The lowest BCUT2D eigenvalue weighted by atomic mass is 10.1. The number of carboxylic acid groups (broad SMARTS) is 1. The monoisotopic (exact) mass is 302 g/mol. The average molecular weight is 302 g/mol. The van der Waals surface area contributed by atoms with Gasteiger partial charge in [0.1, 0.15) is 0 Å². The molecule has 1 saturated heterocycles. The first-order valence-electron chi connectivity index (χ1n) is 6.68. The fraction of sp³-hybridized carbons (Fsp3) is 0.500. The molecule has 1 aliphatic heterocycles. The van der Waals surface area contributed by atoms with Crippen molar-refractivity contribution in [1.29, 1.82) is 0 Å². The molecule has 0 spiro atoms. The number of piperazine rings is 1. The molecular weight excluding hydrogens is 285 g/mol. The number of aliphatic carboxylic acids is 1. The molecule has 0 atom stereocenters. The van der Waals surface area contributed by atoms with E-state index in [1.54, 1.807) is 11.0 Å². The Morgan fingerprint density at radius 2 is 1.67 bits per heavy atom. The van der Waals surface area contributed by atoms with Gasteiger partial charge < -0.3 is 5.11 Å². The van der Waals surface area contributed by atoms with Crippen molar-refractivity contribution in [3.63, 3.8) is 0 Å². The Morgan fingerprint density at radius 1 is 1.10 bits per heavy atom. The number of rotatable bonds is 4. The maximum atomic E-state index is 12.9. The van der Waals surface area contributed by atoms with Gasteiger partial charge in [-0.25, -0.2) is 0 Å². The SMILES string of the molecule is O=C(O)CN1CCN(Cc2ccccc2C(F)(F)F)CC1. The minimum atomic E-state index is -4.35. The zero-order valence-electron chi connectivity index (χ0n) is 11.4. The zero-order valence-corrected chi connectivity index (χ0v) is 11.4. The second-order valence-electron chi connectivity index (χ2n) is 5.10. The molecule has 1 fully saturated rings. The third kappa shape index (κ3) is 4.44. The molecule has 0 aliphatic carbocycles. The highest BCUT2D eigenvalue weighted by atomic mass is 19.4. The van der Waals surface area contributed by atoms with Gasteiger partial charge in [0.05, 0.1) is 12.1 Å². The summed E-state index contributed by atoms with van der Waals surface area (Å²) < 4.78 is 38.7. The highest BCUT2D eigenvalue weighted by molar-refractivity contribution is 5.69. The number of carboxylic acids is 1. The van der Waals surface area contributed by atoms with Crippen molar-refractivity contribution < 1.29 is 23.1 Å². The molecule has 21 heavy (non-hydrogen) atoms. The molecule has 0 amide bonds. The first-order chi connectivity index (χ1) is 9.86. The van der Waals surface area contributed by atoms with E-state index in [1.165, 1.54) is 12.1 Å². The van der Waals surface area contributed by atoms with Crippen LogP contribution in [0.15, 0.2) is 24.3 Å². The van der Waals surface area contributed by atoms with Crippen LogP contribution in [0.4, 0.5) is 13.2 Å². The molecule has 0 saturated carbocycles. The van der Waals surface area contributed by atoms with Crippen LogP contribution in [0.5, 0.6) is 0 Å². The van der Waals surface area contributed by atoms with E-state index in [0.29, 0.717) is 26.2 Å². The van der Waals surface area contributed by atoms with E-state index in [-0.39, 0.29) is 18.7 Å². The van der Waals surface area contributed by atoms with E-state index in [0.717, 1.165) is 6.07 Å². The van der Waals surface area contributed by atoms with Crippen molar-refractivity contribution in [2.45, 2.75) is 12.7 Å². The van der Waals surface area contributed by atoms with Gasteiger partial charge in [-0.15, -0.1) is 0 Å². The van der Waals surface area contributed by atoms with Crippen LogP contribution in [-0.2, 0) is 17.5 Å². The summed E-state index contributed by atoms with van der Waals surface area (Å²) in [5, 5.41) is 8.71. The summed E-state index contributed by atoms with van der Waals surface area (Å²) in [4.78, 5) is 14.3. The van der Waals surface area contributed by atoms with Crippen molar-refractivity contribution >= 4 is 5.97 Å². The lowest BCUT2D eigenvalue weighted by molar-refractivity contribution is -0.140. The van der Waals surface area contributed by atoms with Crippen molar-refractivity contribution in [2.75, 3.05) is 32.7 Å². The zero-order chi connectivity index (χ0) is 15.5. The lowest BCUT2D eigenvalue weighted by Crippen LogP contribution is -2.47. The molecule has 1 aromatic rings. The van der Waals surface area contributed by atoms with E-state index in [1.807, 2.05) is 4.90 Å². The van der Waals surface area contributed by atoms with Gasteiger partial charge in [0.25, 0.3) is 0 Å². The normalized spacial score (nSPS) is 17.9. The summed E-state index contributed by atoms with van der Waals surface area (Å²) in [5.41, 5.74) is -0.338. The van der Waals surface area contributed by atoms with Crippen LogP contribution in [0.1, 0.15) is 11.1 Å². The maximum Gasteiger partial charge on any atom is 0.416 e. The van der Waals surface area contributed by atoms with Crippen LogP contribution >= 0.6 is 0 Å². The van der Waals surface area contributed by atoms with Gasteiger partial charge in [-0.1, -0.05) is 18.2 Å². The van der Waals surface area contributed by atoms with E-state index in [9.17, 15) is 18.0 Å². The highest BCUT2D eigenvalue weighted by Gasteiger charge is 2.33. The van der Waals surface area contributed by atoms with Gasteiger partial charge in [0, 0.05) is 32.7 Å². The van der Waals surface area contributed by atoms with Crippen molar-refractivity contribution in [3.05, 3.63) is 35.4 Å². The Balaban J connectivity index is 1.97. The molecule has 0 unspecified atom stereocenters. The third-order valence-corrected chi connectivity index (χ3v) is 3.54. The fourth-order valence-corrected chi connectivity index (χ4v) is 2.47. The molecule has 2 rings (SSSR count). The van der Waals surface area contributed by atoms with E-state index < -0.39 is 17.7 Å². The topological polar surface area (TPSA) is 43.8 Å². The van der Waals surface area contributed by atoms with Crippen LogP contribution < -0.4 is 0 Å². The molecule has 1 aromatic carbocycles. The lowest BCUT2D eigenvalue weighted by Gasteiger charge is -2.34. The maximum absolute atomic E-state index is 12.9. The summed E-state index contributed by atoms with van der Waals surface area (Å²) in [6.45, 7) is 2.46. The summed E-state index contributed by atoms with van der Waals surface area (Å²) in [7, 11) is 0. The number of nitrogens with zero attached hydrogens (tertiary/aromatic N) is 2. The number of hydrogen-bond donors (Lipinski definition) is 1. The molecule has 7 heteroatoms. The van der Waals surface area contributed by atoms with Crippen molar-refractivity contribution in [3.8, 4) is 0 Å². The summed E-state index contributed by atoms with van der Waals surface area (Å²) in [5.74, 6) is -0.883. The Hall–Kier alpha value is -1.60. The molecule has 4 nitrogen and oxygen atoms in total. The van der Waals surface area contributed by atoms with Crippen molar-refractivity contribution in [1.82, 2.24) is 9.80 Å². The van der Waals surface area contributed by atoms with E-state index >= 15 is 0 Å². The van der Waals surface area contributed by atoms with Crippen LogP contribution in [0.2, 0.25) is 0 Å². The number of benzene rings is 1. The number of hydrogen-bond acceptors (Lipinski definition) is 3. The number of halogens is 3. The van der Waals surface area contributed by atoms with Gasteiger partial charge in [0.15, 0.2) is 0 Å². The van der Waals surface area contributed by atoms with E-state index in [4.69, 9.17) is 5.11 Å². The molecule has 1 heterocycles. The summed E-state index contributed by atoms with van der Waals surface area (Å²) >= 11 is 0. The smallest absolute Gasteiger partial charge is 0.416 e. The van der Waals surface area contributed by atoms with Crippen LogP contribution in [0.25, 0.3) is 0 Å². The molecule has 0 radical (unpaired) electrons. The Labute approximate surface area is 120 Å². The van der Waals surface area contributed by atoms with Gasteiger partial charge in [0.2, 0.25) is 0 Å². The molecular formula is C14H17F3N2O2. The van der Waals surface area contributed by atoms with Crippen LogP contribution in [-0.4, -0.2) is 53.6 Å². The van der Waals surface area contributed by atoms with Gasteiger partial charge >= 0.3 is 12.1 Å². The molecule has 0 bridgehead atoms. The first kappa shape index (κ1) is 15.8. The predicted molar refractivity (Wildman–Crippen MR) is 70.8 cm³/mol. The van der Waals surface area contributed by atoms with Gasteiger partial charge in [-0.2, -0.15) is 13.2 Å². The standard InChI is InChI=1S/C14H17F3N2O2/c15-14(16,17)12-4-2-1-3-11(12)9-18-5-7-19(8-6-18)10-13(20)21/h1-4H,5-10H2,(H,20,21). The molecule has 116 valence electrons. The Morgan fingerprint density at radius 3 is 2.24 bits per heavy atom. The van der Waals surface area contributed by atoms with Gasteiger partial charge in [-0.05, 0) is 11.6 Å². The second kappa shape index (κ2) is 6.44. The van der Waals surface area contributed by atoms with E-state index in [2.05, 4.69) is 0 Å². The largest absolute Gasteiger partial charge is 0.480 e. The molecule has 1 aliphatic rings. The molecule has 0 aromatic heterocycles. The Bertz CT molecular complexity index is 497. The number of alkyl halides is 3. The minimum absolute atomic E-state index is 0.0209. The predicted octanol–water partition coefficient (Wildman–Crippen LogP) is 1.91. The first-order valence-corrected chi connectivity index (χ1v) is 6.68. The fourth-order valence-electron chi connectivity index (χ4n) is 2.47. The summed E-state index contributed by atoms with van der Waals surface area (Å²) in [6.07, 6.45) is -4.35. The minimum Gasteiger partial charge on any atom is -0.480 e. The average Bonchev–Trinajstić information content (AvgIpc) is 2.40. The second-order valence-corrected chi connectivity index (χ2v) is 5.10. The van der Waals surface area contributed by atoms with Gasteiger partial charge in [-0.3, -0.25) is 14.6 Å². The highest BCUT2D eigenvalue weighted by Crippen LogP contribution is 2.32. The quantitative estimate of drug-likeness (QED) is 0.923. The summed E-state index contributed by atoms with van der Waals surface area (Å²) in [6, 6.07) is 5.57.